The number of aldehydes is 1. The van der Waals surface area contributed by atoms with E-state index in [-0.39, 0.29) is 0 Å². The summed E-state index contributed by atoms with van der Waals surface area (Å²) in [4.78, 5) is 14.8. The smallest absolute Gasteiger partial charge is 0.124 e. The lowest BCUT2D eigenvalue weighted by atomic mass is 10.1. The summed E-state index contributed by atoms with van der Waals surface area (Å²) in [6.45, 7) is 0.496. The second-order valence-corrected chi connectivity index (χ2v) is 4.79. The first-order valence-corrected chi connectivity index (χ1v) is 6.85. The minimum absolute atomic E-state index is 0.440. The minimum atomic E-state index is 0.440. The molecule has 0 spiro atoms. The molecule has 0 amide bonds. The number of hydrogen-bond acceptors (Lipinski definition) is 3. The Morgan fingerprint density at radius 2 is 1.81 bits per heavy atom. The quantitative estimate of drug-likeness (QED) is 0.669. The molecule has 0 saturated carbocycles. The Morgan fingerprint density at radius 3 is 2.62 bits per heavy atom. The van der Waals surface area contributed by atoms with Crippen LogP contribution in [0.5, 0.6) is 5.75 Å². The number of benzene rings is 2. The Hall–Kier alpha value is -2.68. The third kappa shape index (κ3) is 3.08. The topological polar surface area (TPSA) is 39.2 Å². The standard InChI is InChI=1S/C18H15NO2/c20-12-10-14-5-7-16(8-6-14)21-13-15-9-11-19-18-4-2-1-3-17(15)18/h1-9,11-12H,10,13H2. The van der Waals surface area contributed by atoms with E-state index in [9.17, 15) is 4.79 Å². The van der Waals surface area contributed by atoms with Crippen LogP contribution in [0.1, 0.15) is 11.1 Å². The summed E-state index contributed by atoms with van der Waals surface area (Å²) in [6.07, 6.45) is 3.14. The van der Waals surface area contributed by atoms with Crippen molar-refractivity contribution in [2.45, 2.75) is 13.0 Å². The highest BCUT2D eigenvalue weighted by atomic mass is 16.5. The fourth-order valence-corrected chi connectivity index (χ4v) is 2.26. The molecule has 0 saturated heterocycles. The van der Waals surface area contributed by atoms with E-state index in [1.165, 1.54) is 0 Å². The van der Waals surface area contributed by atoms with Crippen molar-refractivity contribution in [1.82, 2.24) is 4.98 Å². The van der Waals surface area contributed by atoms with Crippen LogP contribution in [-0.4, -0.2) is 11.3 Å². The zero-order valence-electron chi connectivity index (χ0n) is 11.5. The molecular formula is C18H15NO2. The van der Waals surface area contributed by atoms with Gasteiger partial charge in [-0.2, -0.15) is 0 Å². The number of nitrogens with zero attached hydrogens (tertiary/aromatic N) is 1. The number of hydrogen-bond donors (Lipinski definition) is 0. The fourth-order valence-electron chi connectivity index (χ4n) is 2.26. The van der Waals surface area contributed by atoms with E-state index in [1.807, 2.05) is 54.6 Å². The van der Waals surface area contributed by atoms with E-state index in [1.54, 1.807) is 6.20 Å². The van der Waals surface area contributed by atoms with Gasteiger partial charge >= 0.3 is 0 Å². The van der Waals surface area contributed by atoms with Crippen LogP contribution < -0.4 is 4.74 Å². The number of pyridine rings is 1. The molecule has 104 valence electrons. The first-order valence-electron chi connectivity index (χ1n) is 6.85. The Kier molecular flexibility index (Phi) is 3.92. The van der Waals surface area contributed by atoms with Crippen LogP contribution in [0.15, 0.2) is 60.8 Å². The molecule has 0 atom stereocenters. The number of carbonyl (C=O) groups excluding carboxylic acids is 1. The Bertz CT molecular complexity index is 745. The van der Waals surface area contributed by atoms with E-state index < -0.39 is 0 Å². The van der Waals surface area contributed by atoms with Gasteiger partial charge in [0.25, 0.3) is 0 Å². The largest absolute Gasteiger partial charge is 0.489 e. The van der Waals surface area contributed by atoms with Gasteiger partial charge in [0.15, 0.2) is 0 Å². The average Bonchev–Trinajstić information content (AvgIpc) is 2.54. The molecule has 3 rings (SSSR count). The zero-order chi connectivity index (χ0) is 14.5. The summed E-state index contributed by atoms with van der Waals surface area (Å²) in [5.74, 6) is 0.797. The first kappa shape index (κ1) is 13.3. The molecule has 0 aliphatic rings. The van der Waals surface area contributed by atoms with Crippen molar-refractivity contribution in [2.24, 2.45) is 0 Å². The van der Waals surface area contributed by atoms with Gasteiger partial charge in [-0.3, -0.25) is 4.98 Å². The van der Waals surface area contributed by atoms with E-state index in [4.69, 9.17) is 4.74 Å². The lowest BCUT2D eigenvalue weighted by Gasteiger charge is -2.09. The van der Waals surface area contributed by atoms with E-state index in [2.05, 4.69) is 4.98 Å². The maximum atomic E-state index is 10.5. The van der Waals surface area contributed by atoms with Crippen LogP contribution in [0.3, 0.4) is 0 Å². The van der Waals surface area contributed by atoms with Crippen LogP contribution >= 0.6 is 0 Å². The molecule has 1 aromatic heterocycles. The molecule has 0 aliphatic carbocycles. The molecule has 21 heavy (non-hydrogen) atoms. The monoisotopic (exact) mass is 277 g/mol. The third-order valence-corrected chi connectivity index (χ3v) is 3.38. The molecule has 0 radical (unpaired) electrons. The van der Waals surface area contributed by atoms with Gasteiger partial charge in [-0.25, -0.2) is 0 Å². The van der Waals surface area contributed by atoms with Crippen LogP contribution in [0.25, 0.3) is 10.9 Å². The van der Waals surface area contributed by atoms with Crippen molar-refractivity contribution in [1.29, 1.82) is 0 Å². The van der Waals surface area contributed by atoms with Crippen molar-refractivity contribution >= 4 is 17.2 Å². The van der Waals surface area contributed by atoms with Gasteiger partial charge in [0, 0.05) is 23.6 Å². The fraction of sp³-hybridized carbons (Fsp3) is 0.111. The van der Waals surface area contributed by atoms with Crippen molar-refractivity contribution in [3.8, 4) is 5.75 Å². The summed E-state index contributed by atoms with van der Waals surface area (Å²) in [5, 5.41) is 1.11. The van der Waals surface area contributed by atoms with Crippen LogP contribution in [0, 0.1) is 0 Å². The molecule has 3 nitrogen and oxygen atoms in total. The second kappa shape index (κ2) is 6.18. The lowest BCUT2D eigenvalue weighted by Crippen LogP contribution is -1.97. The Morgan fingerprint density at radius 1 is 1.00 bits per heavy atom. The molecule has 0 N–H and O–H groups in total. The molecule has 0 bridgehead atoms. The highest BCUT2D eigenvalue weighted by Gasteiger charge is 2.02. The molecule has 2 aromatic carbocycles. The van der Waals surface area contributed by atoms with Gasteiger partial charge in [-0.05, 0) is 29.8 Å². The Labute approximate surface area is 123 Å². The molecule has 0 aliphatic heterocycles. The predicted octanol–water partition coefficient (Wildman–Crippen LogP) is 3.56. The maximum Gasteiger partial charge on any atom is 0.124 e. The molecule has 0 fully saturated rings. The third-order valence-electron chi connectivity index (χ3n) is 3.38. The summed E-state index contributed by atoms with van der Waals surface area (Å²) in [5.41, 5.74) is 3.07. The number of para-hydroxylation sites is 1. The van der Waals surface area contributed by atoms with Crippen LogP contribution in [-0.2, 0) is 17.8 Å². The van der Waals surface area contributed by atoms with Crippen LogP contribution in [0.2, 0.25) is 0 Å². The lowest BCUT2D eigenvalue weighted by molar-refractivity contribution is -0.107. The summed E-state index contributed by atoms with van der Waals surface area (Å²) < 4.78 is 5.82. The number of rotatable bonds is 5. The van der Waals surface area contributed by atoms with Gasteiger partial charge in [0.05, 0.1) is 5.52 Å². The molecule has 0 unspecified atom stereocenters. The molecule has 3 aromatic rings. The van der Waals surface area contributed by atoms with Crippen molar-refractivity contribution < 1.29 is 9.53 Å². The summed E-state index contributed by atoms with van der Waals surface area (Å²) >= 11 is 0. The van der Waals surface area contributed by atoms with Crippen molar-refractivity contribution in [3.05, 3.63) is 71.9 Å². The summed E-state index contributed by atoms with van der Waals surface area (Å²) in [7, 11) is 0. The highest BCUT2D eigenvalue weighted by molar-refractivity contribution is 5.81. The molecule has 3 heteroatoms. The number of carbonyl (C=O) groups is 1. The van der Waals surface area contributed by atoms with Gasteiger partial charge in [-0.15, -0.1) is 0 Å². The maximum absolute atomic E-state index is 10.5. The molecule has 1 heterocycles. The summed E-state index contributed by atoms with van der Waals surface area (Å²) in [6, 6.07) is 17.6. The number of ether oxygens (including phenoxy) is 1. The van der Waals surface area contributed by atoms with Crippen LogP contribution in [0.4, 0.5) is 0 Å². The van der Waals surface area contributed by atoms with Gasteiger partial charge < -0.3 is 9.53 Å². The second-order valence-electron chi connectivity index (χ2n) is 4.79. The van der Waals surface area contributed by atoms with E-state index in [0.717, 1.165) is 34.1 Å². The first-order chi connectivity index (χ1) is 10.4. The van der Waals surface area contributed by atoms with E-state index in [0.29, 0.717) is 13.0 Å². The average molecular weight is 277 g/mol. The van der Waals surface area contributed by atoms with Gasteiger partial charge in [0.2, 0.25) is 0 Å². The van der Waals surface area contributed by atoms with Crippen molar-refractivity contribution in [2.75, 3.05) is 0 Å². The SMILES string of the molecule is O=CCc1ccc(OCc2ccnc3ccccc23)cc1. The minimum Gasteiger partial charge on any atom is -0.489 e. The number of fused-ring (bicyclic) bond motifs is 1. The number of aromatic nitrogens is 1. The highest BCUT2D eigenvalue weighted by Crippen LogP contribution is 2.19. The van der Waals surface area contributed by atoms with Gasteiger partial charge in [0.1, 0.15) is 18.6 Å². The predicted molar refractivity (Wildman–Crippen MR) is 82.3 cm³/mol. The Balaban J connectivity index is 1.75. The molecular weight excluding hydrogens is 262 g/mol. The van der Waals surface area contributed by atoms with E-state index >= 15 is 0 Å². The van der Waals surface area contributed by atoms with Crippen molar-refractivity contribution in [3.63, 3.8) is 0 Å². The normalized spacial score (nSPS) is 10.5. The van der Waals surface area contributed by atoms with Gasteiger partial charge in [-0.1, -0.05) is 30.3 Å². The zero-order valence-corrected chi connectivity index (χ0v) is 11.5.